The van der Waals surface area contributed by atoms with E-state index in [1.807, 2.05) is 30.3 Å². The molecule has 0 heterocycles. The first-order chi connectivity index (χ1) is 8.11. The minimum Gasteiger partial charge on any atom is -0.494 e. The Morgan fingerprint density at radius 3 is 2.53 bits per heavy atom. The van der Waals surface area contributed by atoms with E-state index in [1.165, 1.54) is 0 Å². The van der Waals surface area contributed by atoms with E-state index in [0.29, 0.717) is 6.61 Å². The maximum atomic E-state index is 10.7. The van der Waals surface area contributed by atoms with Gasteiger partial charge in [0.05, 0.1) is 6.61 Å². The Morgan fingerprint density at radius 2 is 1.94 bits per heavy atom. The minimum absolute atomic E-state index is 0.0839. The lowest BCUT2D eigenvalue weighted by atomic mass is 10.2. The molecule has 5 heteroatoms. The topological polar surface area (TPSA) is 46.5 Å². The van der Waals surface area contributed by atoms with Gasteiger partial charge in [0.25, 0.3) is 0 Å². The molecule has 0 amide bonds. The molecule has 0 aliphatic rings. The highest BCUT2D eigenvalue weighted by Crippen LogP contribution is 2.20. The number of para-hydroxylation sites is 1. The van der Waals surface area contributed by atoms with Gasteiger partial charge in [0.1, 0.15) is 10.6 Å². The van der Waals surface area contributed by atoms with Crippen LogP contribution in [0.2, 0.25) is 0 Å². The SMILES string of the molecule is O=C(O)C(Br)C(Br)CCCOc1ccccc1. The fraction of sp³-hybridized carbons (Fsp3) is 0.417. The van der Waals surface area contributed by atoms with E-state index < -0.39 is 10.8 Å². The van der Waals surface area contributed by atoms with Gasteiger partial charge in [-0.2, -0.15) is 0 Å². The van der Waals surface area contributed by atoms with Gasteiger partial charge in [-0.15, -0.1) is 0 Å². The second-order valence-corrected chi connectivity index (χ2v) is 5.72. The van der Waals surface area contributed by atoms with Crippen LogP contribution in [0.3, 0.4) is 0 Å². The highest BCUT2D eigenvalue weighted by atomic mass is 79.9. The number of alkyl halides is 2. The normalized spacial score (nSPS) is 14.0. The minimum atomic E-state index is -0.851. The zero-order valence-corrected chi connectivity index (χ0v) is 12.4. The molecule has 0 aliphatic heterocycles. The molecule has 0 spiro atoms. The molecule has 94 valence electrons. The first-order valence-corrected chi connectivity index (χ1v) is 7.13. The van der Waals surface area contributed by atoms with Gasteiger partial charge in [0, 0.05) is 4.83 Å². The summed E-state index contributed by atoms with van der Waals surface area (Å²) in [6.07, 6.45) is 1.55. The average Bonchev–Trinajstić information content (AvgIpc) is 2.34. The molecule has 17 heavy (non-hydrogen) atoms. The Morgan fingerprint density at radius 1 is 1.29 bits per heavy atom. The van der Waals surface area contributed by atoms with Gasteiger partial charge in [0.15, 0.2) is 0 Å². The molecular weight excluding hydrogens is 352 g/mol. The summed E-state index contributed by atoms with van der Waals surface area (Å²) in [7, 11) is 0. The van der Waals surface area contributed by atoms with Crippen LogP contribution in [0, 0.1) is 0 Å². The maximum Gasteiger partial charge on any atom is 0.318 e. The highest BCUT2D eigenvalue weighted by molar-refractivity contribution is 9.12. The number of carboxylic acids is 1. The van der Waals surface area contributed by atoms with Crippen molar-refractivity contribution < 1.29 is 14.6 Å². The van der Waals surface area contributed by atoms with Crippen molar-refractivity contribution in [3.63, 3.8) is 0 Å². The zero-order valence-electron chi connectivity index (χ0n) is 9.18. The highest BCUT2D eigenvalue weighted by Gasteiger charge is 2.22. The molecule has 1 aromatic carbocycles. The smallest absolute Gasteiger partial charge is 0.318 e. The Kier molecular flexibility index (Phi) is 6.58. The Bertz CT molecular complexity index is 343. The number of hydrogen-bond donors (Lipinski definition) is 1. The summed E-state index contributed by atoms with van der Waals surface area (Å²) in [5.74, 6) is -0.0110. The van der Waals surface area contributed by atoms with Crippen LogP contribution in [0.4, 0.5) is 0 Å². The number of ether oxygens (including phenoxy) is 1. The molecule has 0 bridgehead atoms. The number of rotatable bonds is 7. The van der Waals surface area contributed by atoms with Crippen molar-refractivity contribution in [2.75, 3.05) is 6.61 Å². The van der Waals surface area contributed by atoms with Crippen LogP contribution in [0.5, 0.6) is 5.75 Å². The number of hydrogen-bond acceptors (Lipinski definition) is 2. The van der Waals surface area contributed by atoms with E-state index in [4.69, 9.17) is 9.84 Å². The molecule has 0 saturated carbocycles. The van der Waals surface area contributed by atoms with Gasteiger partial charge in [-0.3, -0.25) is 4.79 Å². The molecule has 3 nitrogen and oxygen atoms in total. The summed E-state index contributed by atoms with van der Waals surface area (Å²) in [5, 5.41) is 8.78. The fourth-order valence-electron chi connectivity index (χ4n) is 1.29. The molecule has 1 rings (SSSR count). The molecule has 0 saturated heterocycles. The van der Waals surface area contributed by atoms with E-state index >= 15 is 0 Å². The fourth-order valence-corrected chi connectivity index (χ4v) is 2.10. The van der Waals surface area contributed by atoms with Gasteiger partial charge >= 0.3 is 5.97 Å². The molecule has 2 atom stereocenters. The third-order valence-corrected chi connectivity index (χ3v) is 4.92. The Balaban J connectivity index is 2.18. The summed E-state index contributed by atoms with van der Waals surface area (Å²) in [4.78, 5) is 10.0. The van der Waals surface area contributed by atoms with E-state index in [2.05, 4.69) is 31.9 Å². The second kappa shape index (κ2) is 7.71. The summed E-state index contributed by atoms with van der Waals surface area (Å²) in [6, 6.07) is 9.57. The molecule has 0 radical (unpaired) electrons. The molecule has 0 fully saturated rings. The molecule has 1 N–H and O–H groups in total. The van der Waals surface area contributed by atoms with Crippen LogP contribution in [0.25, 0.3) is 0 Å². The first kappa shape index (κ1) is 14.5. The van der Waals surface area contributed by atoms with E-state index in [-0.39, 0.29) is 4.83 Å². The molecule has 0 aromatic heterocycles. The van der Waals surface area contributed by atoms with Crippen LogP contribution in [0.15, 0.2) is 30.3 Å². The standard InChI is InChI=1S/C12H14Br2O3/c13-10(11(14)12(15)16)7-4-8-17-9-5-2-1-3-6-9/h1-3,5-6,10-11H,4,7-8H2,(H,15,16). The van der Waals surface area contributed by atoms with E-state index in [1.54, 1.807) is 0 Å². The van der Waals surface area contributed by atoms with Gasteiger partial charge in [-0.1, -0.05) is 50.1 Å². The largest absolute Gasteiger partial charge is 0.494 e. The number of aliphatic carboxylic acids is 1. The third kappa shape index (κ3) is 5.55. The average molecular weight is 366 g/mol. The summed E-state index contributed by atoms with van der Waals surface area (Å²) >= 11 is 6.46. The van der Waals surface area contributed by atoms with Crippen molar-refractivity contribution in [2.45, 2.75) is 22.5 Å². The summed E-state index contributed by atoms with van der Waals surface area (Å²) in [5.41, 5.74) is 0. The molecule has 0 aliphatic carbocycles. The molecule has 2 unspecified atom stereocenters. The van der Waals surface area contributed by atoms with Gasteiger partial charge in [0.2, 0.25) is 0 Å². The molecule has 1 aromatic rings. The van der Waals surface area contributed by atoms with Crippen molar-refractivity contribution in [1.29, 1.82) is 0 Å². The maximum absolute atomic E-state index is 10.7. The van der Waals surface area contributed by atoms with Crippen molar-refractivity contribution >= 4 is 37.8 Å². The lowest BCUT2D eigenvalue weighted by molar-refractivity contribution is -0.136. The van der Waals surface area contributed by atoms with Crippen molar-refractivity contribution in [2.24, 2.45) is 0 Å². The third-order valence-electron chi connectivity index (χ3n) is 2.19. The number of carbonyl (C=O) groups is 1. The van der Waals surface area contributed by atoms with E-state index in [9.17, 15) is 4.79 Å². The van der Waals surface area contributed by atoms with E-state index in [0.717, 1.165) is 18.6 Å². The van der Waals surface area contributed by atoms with Crippen LogP contribution in [0.1, 0.15) is 12.8 Å². The zero-order chi connectivity index (χ0) is 12.7. The number of carboxylic acid groups (broad SMARTS) is 1. The quantitative estimate of drug-likeness (QED) is 0.594. The molecular formula is C12H14Br2O3. The lowest BCUT2D eigenvalue weighted by Crippen LogP contribution is -2.24. The monoisotopic (exact) mass is 364 g/mol. The number of halogens is 2. The van der Waals surface area contributed by atoms with Gasteiger partial charge in [-0.05, 0) is 25.0 Å². The Labute approximate surface area is 117 Å². The predicted molar refractivity (Wildman–Crippen MR) is 74.2 cm³/mol. The van der Waals surface area contributed by atoms with Gasteiger partial charge in [-0.25, -0.2) is 0 Å². The summed E-state index contributed by atoms with van der Waals surface area (Å²) in [6.45, 7) is 0.589. The predicted octanol–water partition coefficient (Wildman–Crippen LogP) is 3.46. The van der Waals surface area contributed by atoms with Crippen LogP contribution in [-0.4, -0.2) is 27.3 Å². The number of benzene rings is 1. The van der Waals surface area contributed by atoms with Crippen LogP contribution < -0.4 is 4.74 Å². The summed E-state index contributed by atoms with van der Waals surface area (Å²) < 4.78 is 5.51. The van der Waals surface area contributed by atoms with Crippen molar-refractivity contribution in [3.8, 4) is 5.75 Å². The van der Waals surface area contributed by atoms with Crippen molar-refractivity contribution in [3.05, 3.63) is 30.3 Å². The van der Waals surface area contributed by atoms with Crippen molar-refractivity contribution in [1.82, 2.24) is 0 Å². The lowest BCUT2D eigenvalue weighted by Gasteiger charge is -2.12. The first-order valence-electron chi connectivity index (χ1n) is 5.30. The second-order valence-electron chi connectivity index (χ2n) is 3.56. The van der Waals surface area contributed by atoms with Crippen LogP contribution >= 0.6 is 31.9 Å². The van der Waals surface area contributed by atoms with Crippen LogP contribution in [-0.2, 0) is 4.79 Å². The Hall–Kier alpha value is -0.550. The van der Waals surface area contributed by atoms with Gasteiger partial charge < -0.3 is 9.84 Å².